The molecule has 106 valence electrons. The van der Waals surface area contributed by atoms with Crippen molar-refractivity contribution in [2.45, 2.75) is 44.7 Å². The average Bonchev–Trinajstić information content (AvgIpc) is 2.93. The monoisotopic (exact) mass is 284 g/mol. The third-order valence-electron chi connectivity index (χ3n) is 4.11. The van der Waals surface area contributed by atoms with E-state index in [4.69, 9.17) is 17.3 Å². The lowest BCUT2D eigenvalue weighted by Gasteiger charge is -2.35. The maximum atomic E-state index is 13.6. The molecule has 1 atom stereocenters. The normalized spacial score (nSPS) is 18.2. The van der Waals surface area contributed by atoms with Crippen LogP contribution >= 0.6 is 11.6 Å². The van der Waals surface area contributed by atoms with Gasteiger partial charge < -0.3 is 5.73 Å². The van der Waals surface area contributed by atoms with E-state index in [9.17, 15) is 4.39 Å². The van der Waals surface area contributed by atoms with Crippen LogP contribution in [-0.2, 0) is 0 Å². The highest BCUT2D eigenvalue weighted by atomic mass is 35.5. The fourth-order valence-corrected chi connectivity index (χ4v) is 3.27. The third kappa shape index (κ3) is 3.28. The summed E-state index contributed by atoms with van der Waals surface area (Å²) in [7, 11) is 0. The van der Waals surface area contributed by atoms with Gasteiger partial charge in [0.15, 0.2) is 0 Å². The van der Waals surface area contributed by atoms with E-state index in [1.165, 1.54) is 31.7 Å². The first-order chi connectivity index (χ1) is 9.17. The second-order valence-electron chi connectivity index (χ2n) is 5.19. The molecule has 1 fully saturated rings. The summed E-state index contributed by atoms with van der Waals surface area (Å²) in [5.41, 5.74) is 6.87. The summed E-state index contributed by atoms with van der Waals surface area (Å²) in [6, 6.07) is 5.70. The quantitative estimate of drug-likeness (QED) is 0.892. The maximum absolute atomic E-state index is 13.6. The van der Waals surface area contributed by atoms with E-state index in [0.29, 0.717) is 12.6 Å². The van der Waals surface area contributed by atoms with Crippen molar-refractivity contribution in [3.63, 3.8) is 0 Å². The van der Waals surface area contributed by atoms with Gasteiger partial charge in [-0.3, -0.25) is 4.90 Å². The second kappa shape index (κ2) is 6.69. The summed E-state index contributed by atoms with van der Waals surface area (Å²) in [6.45, 7) is 3.59. The molecule has 0 aromatic heterocycles. The van der Waals surface area contributed by atoms with Gasteiger partial charge in [0.1, 0.15) is 5.82 Å². The predicted octanol–water partition coefficient (Wildman–Crippen LogP) is 3.74. The minimum Gasteiger partial charge on any atom is -0.329 e. The molecule has 0 aliphatic heterocycles. The van der Waals surface area contributed by atoms with Crippen molar-refractivity contribution in [1.82, 2.24) is 4.90 Å². The topological polar surface area (TPSA) is 29.3 Å². The molecule has 1 aromatic carbocycles. The summed E-state index contributed by atoms with van der Waals surface area (Å²) in [5, 5.41) is 0.170. The molecule has 0 bridgehead atoms. The van der Waals surface area contributed by atoms with E-state index in [1.54, 1.807) is 6.07 Å². The molecule has 0 spiro atoms. The fourth-order valence-electron chi connectivity index (χ4n) is 3.15. The fraction of sp³-hybridized carbons (Fsp3) is 0.600. The molecule has 4 heteroatoms. The molecular formula is C15H22ClFN2. The SMILES string of the molecule is CCN(C1CCCC1)C(CN)c1ccc(Cl)c(F)c1. The number of rotatable bonds is 5. The smallest absolute Gasteiger partial charge is 0.142 e. The van der Waals surface area contributed by atoms with E-state index in [2.05, 4.69) is 11.8 Å². The number of hydrogen-bond donors (Lipinski definition) is 1. The van der Waals surface area contributed by atoms with Gasteiger partial charge in [0.05, 0.1) is 5.02 Å². The summed E-state index contributed by atoms with van der Waals surface area (Å²) < 4.78 is 13.6. The van der Waals surface area contributed by atoms with Gasteiger partial charge in [0, 0.05) is 18.6 Å². The zero-order valence-corrected chi connectivity index (χ0v) is 12.2. The zero-order chi connectivity index (χ0) is 13.8. The molecule has 0 saturated heterocycles. The zero-order valence-electron chi connectivity index (χ0n) is 11.4. The van der Waals surface area contributed by atoms with Crippen LogP contribution in [-0.4, -0.2) is 24.0 Å². The molecule has 2 N–H and O–H groups in total. The van der Waals surface area contributed by atoms with Crippen LogP contribution in [0.25, 0.3) is 0 Å². The van der Waals surface area contributed by atoms with Crippen molar-refractivity contribution in [2.75, 3.05) is 13.1 Å². The first-order valence-corrected chi connectivity index (χ1v) is 7.46. The van der Waals surface area contributed by atoms with Gasteiger partial charge in [-0.15, -0.1) is 0 Å². The second-order valence-corrected chi connectivity index (χ2v) is 5.60. The van der Waals surface area contributed by atoms with Crippen LogP contribution in [0.1, 0.15) is 44.2 Å². The Morgan fingerprint density at radius 2 is 2.11 bits per heavy atom. The highest BCUT2D eigenvalue weighted by molar-refractivity contribution is 6.30. The van der Waals surface area contributed by atoms with Gasteiger partial charge in [-0.25, -0.2) is 4.39 Å². The van der Waals surface area contributed by atoms with Crippen LogP contribution in [0.5, 0.6) is 0 Å². The number of nitrogens with zero attached hydrogens (tertiary/aromatic N) is 1. The Bertz CT molecular complexity index is 419. The van der Waals surface area contributed by atoms with Gasteiger partial charge in [0.25, 0.3) is 0 Å². The molecule has 0 amide bonds. The number of nitrogens with two attached hydrogens (primary N) is 1. The number of hydrogen-bond acceptors (Lipinski definition) is 2. The molecule has 0 radical (unpaired) electrons. The lowest BCUT2D eigenvalue weighted by molar-refractivity contribution is 0.147. The Morgan fingerprint density at radius 3 is 2.63 bits per heavy atom. The van der Waals surface area contributed by atoms with E-state index in [0.717, 1.165) is 12.1 Å². The Morgan fingerprint density at radius 1 is 1.42 bits per heavy atom. The summed E-state index contributed by atoms with van der Waals surface area (Å²) in [5.74, 6) is -0.361. The van der Waals surface area contributed by atoms with Crippen molar-refractivity contribution < 1.29 is 4.39 Å². The lowest BCUT2D eigenvalue weighted by atomic mass is 10.0. The maximum Gasteiger partial charge on any atom is 0.142 e. The van der Waals surface area contributed by atoms with Crippen LogP contribution in [0, 0.1) is 5.82 Å². The van der Waals surface area contributed by atoms with E-state index >= 15 is 0 Å². The standard InChI is InChI=1S/C15H22ClFN2/c1-2-19(12-5-3-4-6-12)15(10-18)11-7-8-13(16)14(17)9-11/h7-9,12,15H,2-6,10,18H2,1H3. The van der Waals surface area contributed by atoms with E-state index in [1.807, 2.05) is 6.07 Å². The molecule has 1 aliphatic rings. The summed E-state index contributed by atoms with van der Waals surface area (Å²) >= 11 is 5.75. The Labute approximate surface area is 119 Å². The molecular weight excluding hydrogens is 263 g/mol. The van der Waals surface area contributed by atoms with Crippen molar-refractivity contribution in [2.24, 2.45) is 5.73 Å². The van der Waals surface area contributed by atoms with Crippen molar-refractivity contribution in [1.29, 1.82) is 0 Å². The van der Waals surface area contributed by atoms with E-state index in [-0.39, 0.29) is 16.9 Å². The van der Waals surface area contributed by atoms with Gasteiger partial charge >= 0.3 is 0 Å². The van der Waals surface area contributed by atoms with Gasteiger partial charge in [-0.2, -0.15) is 0 Å². The van der Waals surface area contributed by atoms with Crippen molar-refractivity contribution in [3.8, 4) is 0 Å². The largest absolute Gasteiger partial charge is 0.329 e. The van der Waals surface area contributed by atoms with Gasteiger partial charge in [0.2, 0.25) is 0 Å². The van der Waals surface area contributed by atoms with Crippen molar-refractivity contribution >= 4 is 11.6 Å². The highest BCUT2D eigenvalue weighted by Gasteiger charge is 2.28. The highest BCUT2D eigenvalue weighted by Crippen LogP contribution is 2.31. The van der Waals surface area contributed by atoms with E-state index < -0.39 is 0 Å². The average molecular weight is 285 g/mol. The lowest BCUT2D eigenvalue weighted by Crippen LogP contribution is -2.40. The summed E-state index contributed by atoms with van der Waals surface area (Å²) in [4.78, 5) is 2.41. The molecule has 1 unspecified atom stereocenters. The number of benzene rings is 1. The first kappa shape index (κ1) is 14.8. The molecule has 1 aromatic rings. The molecule has 19 heavy (non-hydrogen) atoms. The minimum atomic E-state index is -0.361. The Kier molecular flexibility index (Phi) is 5.20. The number of halogens is 2. The van der Waals surface area contributed by atoms with Crippen molar-refractivity contribution in [3.05, 3.63) is 34.6 Å². The Balaban J connectivity index is 2.23. The van der Waals surface area contributed by atoms with Gasteiger partial charge in [-0.05, 0) is 37.1 Å². The predicted molar refractivity (Wildman–Crippen MR) is 77.8 cm³/mol. The third-order valence-corrected chi connectivity index (χ3v) is 4.42. The summed E-state index contributed by atoms with van der Waals surface area (Å²) in [6.07, 6.45) is 5.02. The van der Waals surface area contributed by atoms with Crippen LogP contribution in [0.4, 0.5) is 4.39 Å². The molecule has 2 nitrogen and oxygen atoms in total. The van der Waals surface area contributed by atoms with Crippen LogP contribution < -0.4 is 5.73 Å². The van der Waals surface area contributed by atoms with Crippen LogP contribution in [0.2, 0.25) is 5.02 Å². The number of likely N-dealkylation sites (N-methyl/N-ethyl adjacent to an activating group) is 1. The Hall–Kier alpha value is -0.640. The first-order valence-electron chi connectivity index (χ1n) is 7.08. The van der Waals surface area contributed by atoms with Gasteiger partial charge in [-0.1, -0.05) is 37.4 Å². The molecule has 2 rings (SSSR count). The molecule has 1 saturated carbocycles. The van der Waals surface area contributed by atoms with Crippen LogP contribution in [0.15, 0.2) is 18.2 Å². The minimum absolute atomic E-state index is 0.0832. The molecule has 0 heterocycles. The molecule has 1 aliphatic carbocycles. The van der Waals surface area contributed by atoms with Crippen LogP contribution in [0.3, 0.4) is 0 Å².